The van der Waals surface area contributed by atoms with Gasteiger partial charge in [-0.15, -0.1) is 11.3 Å². The quantitative estimate of drug-likeness (QED) is 0.689. The molecule has 0 aliphatic carbocycles. The second kappa shape index (κ2) is 8.04. The minimum Gasteiger partial charge on any atom is -0.340 e. The Morgan fingerprint density at radius 2 is 2.11 bits per heavy atom. The number of hydrazine groups is 1. The monoisotopic (exact) mass is 381 g/mol. The second-order valence-electron chi connectivity index (χ2n) is 6.89. The zero-order chi connectivity index (χ0) is 18.6. The molecule has 140 valence electrons. The van der Waals surface area contributed by atoms with E-state index in [1.54, 1.807) is 27.1 Å². The molecule has 7 heteroatoms. The molecule has 1 aliphatic rings. The lowest BCUT2D eigenvalue weighted by atomic mass is 10.1. The van der Waals surface area contributed by atoms with Crippen molar-refractivity contribution in [2.24, 2.45) is 0 Å². The number of aromatic nitrogens is 2. The van der Waals surface area contributed by atoms with Crippen LogP contribution in [0, 0.1) is 0 Å². The first-order chi connectivity index (χ1) is 13.2. The Hall–Kier alpha value is -2.48. The number of carbonyl (C=O) groups is 1. The van der Waals surface area contributed by atoms with Crippen LogP contribution in [0.1, 0.15) is 33.3 Å². The minimum atomic E-state index is -0.00400. The van der Waals surface area contributed by atoms with Crippen molar-refractivity contribution in [1.82, 2.24) is 25.5 Å². The van der Waals surface area contributed by atoms with Gasteiger partial charge in [0.25, 0.3) is 5.91 Å². The van der Waals surface area contributed by atoms with E-state index in [0.717, 1.165) is 12.0 Å². The Morgan fingerprint density at radius 1 is 1.26 bits per heavy atom. The average Bonchev–Trinajstić information content (AvgIpc) is 3.43. The first-order valence-corrected chi connectivity index (χ1v) is 9.93. The van der Waals surface area contributed by atoms with Crippen LogP contribution in [0.5, 0.6) is 0 Å². The molecular formula is C20H23N5OS. The zero-order valence-corrected chi connectivity index (χ0v) is 16.0. The predicted octanol–water partition coefficient (Wildman–Crippen LogP) is 2.67. The summed E-state index contributed by atoms with van der Waals surface area (Å²) < 4.78 is 1.80. The van der Waals surface area contributed by atoms with Crippen molar-refractivity contribution >= 4 is 17.2 Å². The van der Waals surface area contributed by atoms with Crippen molar-refractivity contribution in [3.8, 4) is 0 Å². The Bertz CT molecular complexity index is 877. The van der Waals surface area contributed by atoms with Crippen LogP contribution >= 0.6 is 11.3 Å². The maximum Gasteiger partial charge on any atom is 0.256 e. The van der Waals surface area contributed by atoms with Crippen molar-refractivity contribution in [2.75, 3.05) is 13.6 Å². The molecule has 4 rings (SSSR count). The highest BCUT2D eigenvalue weighted by Gasteiger charge is 2.27. The Morgan fingerprint density at radius 3 is 2.89 bits per heavy atom. The van der Waals surface area contributed by atoms with E-state index in [9.17, 15) is 4.79 Å². The van der Waals surface area contributed by atoms with Crippen molar-refractivity contribution in [3.63, 3.8) is 0 Å². The first-order valence-electron chi connectivity index (χ1n) is 9.05. The SMILES string of the molecule is CN(CC1CC(c2cccs2)NN1)C(=O)c1cnn(Cc2ccccc2)c1. The molecule has 1 saturated heterocycles. The van der Waals surface area contributed by atoms with E-state index < -0.39 is 0 Å². The Balaban J connectivity index is 1.33. The van der Waals surface area contributed by atoms with E-state index in [1.807, 2.05) is 31.4 Å². The number of thiophene rings is 1. The van der Waals surface area contributed by atoms with E-state index in [4.69, 9.17) is 0 Å². The summed E-state index contributed by atoms with van der Waals surface area (Å²) in [7, 11) is 1.84. The molecule has 3 aromatic rings. The van der Waals surface area contributed by atoms with Gasteiger partial charge in [-0.3, -0.25) is 14.9 Å². The third-order valence-corrected chi connectivity index (χ3v) is 5.76. The van der Waals surface area contributed by atoms with Crippen LogP contribution in [0.15, 0.2) is 60.2 Å². The van der Waals surface area contributed by atoms with Crippen LogP contribution in [-0.2, 0) is 6.54 Å². The van der Waals surface area contributed by atoms with Gasteiger partial charge in [-0.25, -0.2) is 5.43 Å². The molecule has 0 radical (unpaired) electrons. The van der Waals surface area contributed by atoms with E-state index in [2.05, 4.69) is 45.6 Å². The molecule has 0 spiro atoms. The molecule has 1 amide bonds. The number of nitrogens with zero attached hydrogens (tertiary/aromatic N) is 3. The molecule has 0 saturated carbocycles. The van der Waals surface area contributed by atoms with Gasteiger partial charge in [-0.05, 0) is 23.4 Å². The first kappa shape index (κ1) is 17.9. The highest BCUT2D eigenvalue weighted by Crippen LogP contribution is 2.26. The van der Waals surface area contributed by atoms with Gasteiger partial charge in [-0.2, -0.15) is 5.10 Å². The fraction of sp³-hybridized carbons (Fsp3) is 0.300. The zero-order valence-electron chi connectivity index (χ0n) is 15.2. The number of rotatable bonds is 6. The number of nitrogens with one attached hydrogen (secondary N) is 2. The van der Waals surface area contributed by atoms with Crippen LogP contribution in [0.25, 0.3) is 0 Å². The smallest absolute Gasteiger partial charge is 0.256 e. The second-order valence-corrected chi connectivity index (χ2v) is 7.87. The number of carbonyl (C=O) groups excluding carboxylic acids is 1. The molecule has 2 atom stereocenters. The van der Waals surface area contributed by atoms with E-state index in [-0.39, 0.29) is 11.9 Å². The number of hydrogen-bond donors (Lipinski definition) is 2. The predicted molar refractivity (Wildman–Crippen MR) is 106 cm³/mol. The van der Waals surface area contributed by atoms with Gasteiger partial charge in [-0.1, -0.05) is 36.4 Å². The molecule has 1 aliphatic heterocycles. The van der Waals surface area contributed by atoms with Crippen molar-refractivity contribution < 1.29 is 4.79 Å². The van der Waals surface area contributed by atoms with Crippen LogP contribution in [0.4, 0.5) is 0 Å². The largest absolute Gasteiger partial charge is 0.340 e. The molecule has 27 heavy (non-hydrogen) atoms. The number of hydrogen-bond acceptors (Lipinski definition) is 5. The molecule has 1 fully saturated rings. The molecule has 6 nitrogen and oxygen atoms in total. The molecular weight excluding hydrogens is 358 g/mol. The summed E-state index contributed by atoms with van der Waals surface area (Å²) >= 11 is 1.75. The molecule has 2 unspecified atom stereocenters. The molecule has 1 aromatic carbocycles. The normalized spacial score (nSPS) is 19.3. The maximum absolute atomic E-state index is 12.7. The number of benzene rings is 1. The summed E-state index contributed by atoms with van der Waals surface area (Å²) in [6, 6.07) is 14.9. The average molecular weight is 382 g/mol. The van der Waals surface area contributed by atoms with E-state index in [0.29, 0.717) is 24.7 Å². The Labute approximate surface area is 162 Å². The van der Waals surface area contributed by atoms with Crippen molar-refractivity contribution in [3.05, 3.63) is 76.2 Å². The highest BCUT2D eigenvalue weighted by atomic mass is 32.1. The number of likely N-dealkylation sites (N-methyl/N-ethyl adjacent to an activating group) is 1. The minimum absolute atomic E-state index is 0.00400. The highest BCUT2D eigenvalue weighted by molar-refractivity contribution is 7.10. The van der Waals surface area contributed by atoms with Gasteiger partial charge >= 0.3 is 0 Å². The van der Waals surface area contributed by atoms with Gasteiger partial charge in [0, 0.05) is 30.7 Å². The van der Waals surface area contributed by atoms with Crippen LogP contribution in [-0.4, -0.2) is 40.2 Å². The molecule has 2 aromatic heterocycles. The van der Waals surface area contributed by atoms with Gasteiger partial charge in [0.2, 0.25) is 0 Å². The molecule has 2 N–H and O–H groups in total. The lowest BCUT2D eigenvalue weighted by molar-refractivity contribution is 0.0782. The van der Waals surface area contributed by atoms with E-state index in [1.165, 1.54) is 4.88 Å². The van der Waals surface area contributed by atoms with Gasteiger partial charge in [0.1, 0.15) is 0 Å². The lowest BCUT2D eigenvalue weighted by Crippen LogP contribution is -2.41. The fourth-order valence-electron chi connectivity index (χ4n) is 3.38. The van der Waals surface area contributed by atoms with Gasteiger partial charge in [0.05, 0.1) is 24.3 Å². The summed E-state index contributed by atoms with van der Waals surface area (Å²) in [5.74, 6) is -0.00400. The van der Waals surface area contributed by atoms with Crippen molar-refractivity contribution in [1.29, 1.82) is 0 Å². The summed E-state index contributed by atoms with van der Waals surface area (Å²) in [4.78, 5) is 15.8. The Kier molecular flexibility index (Phi) is 5.33. The third-order valence-electron chi connectivity index (χ3n) is 4.78. The van der Waals surface area contributed by atoms with Gasteiger partial charge in [0.15, 0.2) is 0 Å². The van der Waals surface area contributed by atoms with Crippen LogP contribution in [0.3, 0.4) is 0 Å². The third kappa shape index (κ3) is 4.27. The van der Waals surface area contributed by atoms with E-state index >= 15 is 0 Å². The summed E-state index contributed by atoms with van der Waals surface area (Å²) in [5, 5.41) is 6.43. The van der Waals surface area contributed by atoms with Crippen LogP contribution in [0.2, 0.25) is 0 Å². The topological polar surface area (TPSA) is 62.2 Å². The summed E-state index contributed by atoms with van der Waals surface area (Å²) in [6.07, 6.45) is 4.43. The standard InChI is InChI=1S/C20H23N5OS/c1-24(14-17-10-18(23-22-17)19-8-5-9-27-19)20(26)16-11-21-25(13-16)12-15-6-3-2-4-7-15/h2-9,11,13,17-18,22-23H,10,12,14H2,1H3. The van der Waals surface area contributed by atoms with Gasteiger partial charge < -0.3 is 4.90 Å². The molecule has 3 heterocycles. The lowest BCUT2D eigenvalue weighted by Gasteiger charge is -2.20. The van der Waals surface area contributed by atoms with Crippen molar-refractivity contribution in [2.45, 2.75) is 25.0 Å². The summed E-state index contributed by atoms with van der Waals surface area (Å²) in [5.41, 5.74) is 8.42. The molecule has 0 bridgehead atoms. The number of amides is 1. The summed E-state index contributed by atoms with van der Waals surface area (Å²) in [6.45, 7) is 1.31. The fourth-order valence-corrected chi connectivity index (χ4v) is 4.17. The van der Waals surface area contributed by atoms with Crippen LogP contribution < -0.4 is 10.9 Å². The maximum atomic E-state index is 12.7.